The lowest BCUT2D eigenvalue weighted by atomic mass is 9.95. The number of rotatable bonds is 11. The van der Waals surface area contributed by atoms with Gasteiger partial charge in [-0.1, -0.05) is 62.6 Å². The number of carbonyl (C=O) groups excluding carboxylic acids is 2. The fraction of sp³-hybridized carbons (Fsp3) is 0.500. The van der Waals surface area contributed by atoms with Crippen molar-refractivity contribution in [1.82, 2.24) is 10.2 Å². The van der Waals surface area contributed by atoms with Crippen molar-refractivity contribution in [3.8, 4) is 5.75 Å². The zero-order valence-electron chi connectivity index (χ0n) is 20.7. The summed E-state index contributed by atoms with van der Waals surface area (Å²) in [5, 5.41) is 3.24. The van der Waals surface area contributed by atoms with E-state index in [2.05, 4.69) is 24.4 Å². The van der Waals surface area contributed by atoms with Gasteiger partial charge in [0, 0.05) is 18.3 Å². The molecule has 0 spiro atoms. The van der Waals surface area contributed by atoms with Gasteiger partial charge in [0.15, 0.2) is 0 Å². The molecule has 1 N–H and O–H groups in total. The molecule has 184 valence electrons. The van der Waals surface area contributed by atoms with Crippen LogP contribution in [0.2, 0.25) is 0 Å². The summed E-state index contributed by atoms with van der Waals surface area (Å²) in [6, 6.07) is 15.7. The van der Waals surface area contributed by atoms with Crippen LogP contribution in [0.15, 0.2) is 48.5 Å². The van der Waals surface area contributed by atoms with Gasteiger partial charge in [0.05, 0.1) is 12.9 Å². The van der Waals surface area contributed by atoms with Crippen molar-refractivity contribution in [1.29, 1.82) is 0 Å². The van der Waals surface area contributed by atoms with Crippen LogP contribution >= 0.6 is 11.8 Å². The van der Waals surface area contributed by atoms with Gasteiger partial charge >= 0.3 is 0 Å². The van der Waals surface area contributed by atoms with Crippen LogP contribution in [0.3, 0.4) is 0 Å². The maximum atomic E-state index is 13.5. The van der Waals surface area contributed by atoms with Crippen LogP contribution in [0.1, 0.15) is 62.1 Å². The molecule has 1 aliphatic carbocycles. The molecule has 0 aliphatic heterocycles. The first-order valence-electron chi connectivity index (χ1n) is 12.4. The Balaban J connectivity index is 1.72. The van der Waals surface area contributed by atoms with Gasteiger partial charge in [-0.25, -0.2) is 0 Å². The van der Waals surface area contributed by atoms with Gasteiger partial charge in [-0.3, -0.25) is 9.59 Å². The predicted octanol–water partition coefficient (Wildman–Crippen LogP) is 5.49. The number of hydrogen-bond donors (Lipinski definition) is 1. The molecule has 0 saturated heterocycles. The summed E-state index contributed by atoms with van der Waals surface area (Å²) in [6.07, 6.45) is 6.18. The zero-order valence-corrected chi connectivity index (χ0v) is 21.5. The van der Waals surface area contributed by atoms with E-state index in [-0.39, 0.29) is 17.9 Å². The largest absolute Gasteiger partial charge is 0.497 e. The Hall–Kier alpha value is -2.47. The van der Waals surface area contributed by atoms with E-state index >= 15 is 0 Å². The number of hydrogen-bond acceptors (Lipinski definition) is 4. The fourth-order valence-corrected chi connectivity index (χ4v) is 5.52. The number of benzene rings is 2. The third-order valence-corrected chi connectivity index (χ3v) is 7.54. The molecule has 2 aromatic carbocycles. The normalized spacial score (nSPS) is 14.9. The third-order valence-electron chi connectivity index (χ3n) is 6.57. The minimum absolute atomic E-state index is 0.00736. The lowest BCUT2D eigenvalue weighted by molar-refractivity contribution is -0.139. The summed E-state index contributed by atoms with van der Waals surface area (Å²) in [5.41, 5.74) is 3.43. The Labute approximate surface area is 208 Å². The smallest absolute Gasteiger partial charge is 0.243 e. The molecular formula is C28H38N2O3S. The van der Waals surface area contributed by atoms with Crippen LogP contribution in [0.4, 0.5) is 0 Å². The number of carbonyl (C=O) groups is 2. The molecule has 0 aromatic heterocycles. The summed E-state index contributed by atoms with van der Waals surface area (Å²) < 4.78 is 5.37. The van der Waals surface area contributed by atoms with E-state index in [0.717, 1.165) is 42.7 Å². The Kier molecular flexibility index (Phi) is 10.3. The SMILES string of the molecule is CC[C@@H](C(=O)NC1CCCCC1)N(Cc1cccc(OC)c1)C(=O)CSCc1ccccc1C. The van der Waals surface area contributed by atoms with Crippen LogP contribution in [-0.4, -0.2) is 41.7 Å². The maximum Gasteiger partial charge on any atom is 0.243 e. The molecule has 3 rings (SSSR count). The Morgan fingerprint density at radius 1 is 1.12 bits per heavy atom. The summed E-state index contributed by atoms with van der Waals surface area (Å²) in [4.78, 5) is 28.5. The van der Waals surface area contributed by atoms with E-state index in [9.17, 15) is 9.59 Å². The van der Waals surface area contributed by atoms with Crippen LogP contribution in [0, 0.1) is 6.92 Å². The van der Waals surface area contributed by atoms with Crippen molar-refractivity contribution < 1.29 is 14.3 Å². The number of ether oxygens (including phenoxy) is 1. The van der Waals surface area contributed by atoms with Crippen molar-refractivity contribution in [2.75, 3.05) is 12.9 Å². The fourth-order valence-electron chi connectivity index (χ4n) is 4.53. The van der Waals surface area contributed by atoms with E-state index in [1.807, 2.05) is 43.3 Å². The van der Waals surface area contributed by atoms with Crippen molar-refractivity contribution in [2.24, 2.45) is 0 Å². The highest BCUT2D eigenvalue weighted by Gasteiger charge is 2.30. The minimum atomic E-state index is -0.486. The molecule has 6 heteroatoms. The minimum Gasteiger partial charge on any atom is -0.497 e. The van der Waals surface area contributed by atoms with Crippen LogP contribution < -0.4 is 10.1 Å². The lowest BCUT2D eigenvalue weighted by Crippen LogP contribution is -2.52. The van der Waals surface area contributed by atoms with Crippen LogP contribution in [0.5, 0.6) is 5.75 Å². The van der Waals surface area contributed by atoms with E-state index in [0.29, 0.717) is 18.7 Å². The highest BCUT2D eigenvalue weighted by atomic mass is 32.2. The predicted molar refractivity (Wildman–Crippen MR) is 140 cm³/mol. The lowest BCUT2D eigenvalue weighted by Gasteiger charge is -2.33. The molecule has 34 heavy (non-hydrogen) atoms. The van der Waals surface area contributed by atoms with Crippen molar-refractivity contribution in [3.05, 3.63) is 65.2 Å². The number of amides is 2. The molecule has 2 amide bonds. The van der Waals surface area contributed by atoms with E-state index in [1.54, 1.807) is 23.8 Å². The van der Waals surface area contributed by atoms with E-state index < -0.39 is 6.04 Å². The van der Waals surface area contributed by atoms with Crippen LogP contribution in [0.25, 0.3) is 0 Å². The highest BCUT2D eigenvalue weighted by Crippen LogP contribution is 2.22. The highest BCUT2D eigenvalue weighted by molar-refractivity contribution is 7.99. The standard InChI is InChI=1S/C28H38N2O3S/c1-4-26(28(32)29-24-14-6-5-7-15-24)30(18-22-12-10-16-25(17-22)33-3)27(31)20-34-19-23-13-9-8-11-21(23)2/h8-13,16-17,24,26H,4-7,14-15,18-20H2,1-3H3,(H,29,32)/t26-/m0/s1. The maximum absolute atomic E-state index is 13.5. The number of nitrogens with zero attached hydrogens (tertiary/aromatic N) is 1. The molecule has 2 aromatic rings. The second-order valence-corrected chi connectivity index (χ2v) is 10.0. The van der Waals surface area contributed by atoms with Gasteiger partial charge in [0.1, 0.15) is 11.8 Å². The Bertz CT molecular complexity index is 943. The molecule has 0 bridgehead atoms. The monoisotopic (exact) mass is 482 g/mol. The van der Waals surface area contributed by atoms with E-state index in [4.69, 9.17) is 4.74 Å². The zero-order chi connectivity index (χ0) is 24.3. The first kappa shape index (κ1) is 26.1. The molecule has 1 fully saturated rings. The average molecular weight is 483 g/mol. The van der Waals surface area contributed by atoms with Crippen LogP contribution in [-0.2, 0) is 21.9 Å². The number of methoxy groups -OCH3 is 1. The second kappa shape index (κ2) is 13.4. The van der Waals surface area contributed by atoms with Gasteiger partial charge in [0.2, 0.25) is 11.8 Å². The molecule has 0 heterocycles. The molecule has 5 nitrogen and oxygen atoms in total. The number of aryl methyl sites for hydroxylation is 1. The first-order valence-corrected chi connectivity index (χ1v) is 13.5. The number of thioether (sulfide) groups is 1. The number of nitrogens with one attached hydrogen (secondary N) is 1. The van der Waals surface area contributed by atoms with Crippen molar-refractivity contribution in [3.63, 3.8) is 0 Å². The molecule has 1 saturated carbocycles. The van der Waals surface area contributed by atoms with Gasteiger partial charge < -0.3 is 15.0 Å². The average Bonchev–Trinajstić information content (AvgIpc) is 2.85. The Morgan fingerprint density at radius 3 is 2.59 bits per heavy atom. The molecule has 0 radical (unpaired) electrons. The second-order valence-electron chi connectivity index (χ2n) is 9.06. The summed E-state index contributed by atoms with van der Waals surface area (Å²) in [7, 11) is 1.64. The summed E-state index contributed by atoms with van der Waals surface area (Å²) >= 11 is 1.60. The Morgan fingerprint density at radius 2 is 1.88 bits per heavy atom. The quantitative estimate of drug-likeness (QED) is 0.460. The molecule has 0 unspecified atom stereocenters. The first-order chi connectivity index (χ1) is 16.5. The van der Waals surface area contributed by atoms with Gasteiger partial charge in [-0.2, -0.15) is 0 Å². The van der Waals surface area contributed by atoms with Crippen molar-refractivity contribution >= 4 is 23.6 Å². The summed E-state index contributed by atoms with van der Waals surface area (Å²) in [6.45, 7) is 4.46. The van der Waals surface area contributed by atoms with E-state index in [1.165, 1.54) is 17.5 Å². The molecule has 1 atom stereocenters. The van der Waals surface area contributed by atoms with Gasteiger partial charge in [0.25, 0.3) is 0 Å². The topological polar surface area (TPSA) is 58.6 Å². The third kappa shape index (κ3) is 7.52. The van der Waals surface area contributed by atoms with Gasteiger partial charge in [-0.05, 0) is 55.0 Å². The summed E-state index contributed by atoms with van der Waals surface area (Å²) in [5.74, 6) is 1.82. The molecular weight excluding hydrogens is 444 g/mol. The van der Waals surface area contributed by atoms with Gasteiger partial charge in [-0.15, -0.1) is 11.8 Å². The molecule has 1 aliphatic rings. The van der Waals surface area contributed by atoms with Crippen molar-refractivity contribution in [2.45, 2.75) is 76.8 Å².